The van der Waals surface area contributed by atoms with E-state index in [0.29, 0.717) is 17.8 Å². The van der Waals surface area contributed by atoms with E-state index in [9.17, 15) is 5.11 Å². The number of aliphatic hydroxyl groups is 1. The number of pyridine rings is 1. The number of aliphatic hydroxyl groups excluding tert-OH is 1. The van der Waals surface area contributed by atoms with Gasteiger partial charge in [-0.15, -0.1) is 0 Å². The zero-order valence-electron chi connectivity index (χ0n) is 11.6. The van der Waals surface area contributed by atoms with Crippen LogP contribution in [0, 0.1) is 20.8 Å². The minimum absolute atomic E-state index is 0.405. The first-order chi connectivity index (χ1) is 8.97. The molecule has 1 unspecified atom stereocenters. The van der Waals surface area contributed by atoms with Gasteiger partial charge >= 0.3 is 0 Å². The highest BCUT2D eigenvalue weighted by Gasteiger charge is 2.13. The van der Waals surface area contributed by atoms with E-state index in [0.717, 1.165) is 11.1 Å². The Morgan fingerprint density at radius 1 is 1.16 bits per heavy atom. The molecule has 2 aromatic rings. The van der Waals surface area contributed by atoms with Gasteiger partial charge < -0.3 is 10.8 Å². The number of rotatable bonds is 3. The van der Waals surface area contributed by atoms with Crippen molar-refractivity contribution in [2.45, 2.75) is 33.3 Å². The van der Waals surface area contributed by atoms with Crippen molar-refractivity contribution in [3.63, 3.8) is 0 Å². The summed E-state index contributed by atoms with van der Waals surface area (Å²) in [6.07, 6.45) is 1.65. The molecule has 0 bridgehead atoms. The highest BCUT2D eigenvalue weighted by atomic mass is 16.3. The largest absolute Gasteiger partial charge is 0.388 e. The topological polar surface area (TPSA) is 59.1 Å². The van der Waals surface area contributed by atoms with E-state index in [1.165, 1.54) is 11.1 Å². The molecule has 0 aliphatic heterocycles. The maximum atomic E-state index is 10.3. The van der Waals surface area contributed by atoms with E-state index in [1.54, 1.807) is 6.20 Å². The lowest BCUT2D eigenvalue weighted by Crippen LogP contribution is -2.07. The quantitative estimate of drug-likeness (QED) is 0.887. The summed E-state index contributed by atoms with van der Waals surface area (Å²) < 4.78 is 0. The van der Waals surface area contributed by atoms with Crippen molar-refractivity contribution in [2.75, 3.05) is 5.73 Å². The van der Waals surface area contributed by atoms with Crippen LogP contribution in [0.2, 0.25) is 0 Å². The number of nitrogen functional groups attached to an aromatic ring is 1. The molecule has 0 aliphatic rings. The number of aryl methyl sites for hydroxylation is 3. The van der Waals surface area contributed by atoms with Crippen molar-refractivity contribution in [3.8, 4) is 0 Å². The van der Waals surface area contributed by atoms with Crippen molar-refractivity contribution in [1.29, 1.82) is 0 Å². The summed E-state index contributed by atoms with van der Waals surface area (Å²) in [7, 11) is 0. The van der Waals surface area contributed by atoms with Gasteiger partial charge in [0.1, 0.15) is 5.82 Å². The number of nitrogens with zero attached hydrogens (tertiary/aromatic N) is 1. The van der Waals surface area contributed by atoms with Gasteiger partial charge in [-0.2, -0.15) is 0 Å². The van der Waals surface area contributed by atoms with Crippen LogP contribution in [0.5, 0.6) is 0 Å². The fraction of sp³-hybridized carbons (Fsp3) is 0.312. The zero-order chi connectivity index (χ0) is 14.0. The number of nitrogens with two attached hydrogens (primary N) is 1. The summed E-state index contributed by atoms with van der Waals surface area (Å²) in [6, 6.07) is 8.13. The molecule has 0 radical (unpaired) electrons. The molecule has 0 saturated carbocycles. The van der Waals surface area contributed by atoms with Gasteiger partial charge in [0.15, 0.2) is 0 Å². The fourth-order valence-corrected chi connectivity index (χ4v) is 2.13. The van der Waals surface area contributed by atoms with Crippen LogP contribution in [0.3, 0.4) is 0 Å². The first-order valence-corrected chi connectivity index (χ1v) is 6.43. The molecular weight excluding hydrogens is 236 g/mol. The number of benzene rings is 1. The molecule has 0 fully saturated rings. The molecule has 1 atom stereocenters. The van der Waals surface area contributed by atoms with Gasteiger partial charge in [-0.25, -0.2) is 4.98 Å². The Balaban J connectivity index is 2.22. The Morgan fingerprint density at radius 3 is 2.58 bits per heavy atom. The minimum Gasteiger partial charge on any atom is -0.388 e. The van der Waals surface area contributed by atoms with Crippen LogP contribution in [0.4, 0.5) is 5.82 Å². The van der Waals surface area contributed by atoms with Crippen molar-refractivity contribution in [3.05, 3.63) is 58.3 Å². The van der Waals surface area contributed by atoms with Gasteiger partial charge in [-0.3, -0.25) is 0 Å². The maximum Gasteiger partial charge on any atom is 0.129 e. The van der Waals surface area contributed by atoms with E-state index in [-0.39, 0.29) is 0 Å². The molecule has 0 amide bonds. The van der Waals surface area contributed by atoms with Crippen LogP contribution in [0.1, 0.15) is 33.9 Å². The highest BCUT2D eigenvalue weighted by Crippen LogP contribution is 2.24. The van der Waals surface area contributed by atoms with E-state index in [1.807, 2.05) is 19.1 Å². The molecule has 3 N–H and O–H groups in total. The Morgan fingerprint density at radius 2 is 1.89 bits per heavy atom. The summed E-state index contributed by atoms with van der Waals surface area (Å²) in [5, 5.41) is 10.3. The van der Waals surface area contributed by atoms with Gasteiger partial charge in [0, 0.05) is 18.2 Å². The summed E-state index contributed by atoms with van der Waals surface area (Å²) in [5.74, 6) is 0.405. The predicted octanol–water partition coefficient (Wildman–Crippen LogP) is 2.87. The minimum atomic E-state index is -0.616. The Bertz CT molecular complexity index is 593. The van der Waals surface area contributed by atoms with Crippen LogP contribution in [-0.2, 0) is 6.42 Å². The van der Waals surface area contributed by atoms with Crippen LogP contribution in [0.25, 0.3) is 0 Å². The summed E-state index contributed by atoms with van der Waals surface area (Å²) in [4.78, 5) is 4.09. The van der Waals surface area contributed by atoms with E-state index in [2.05, 4.69) is 31.0 Å². The van der Waals surface area contributed by atoms with Crippen LogP contribution < -0.4 is 5.73 Å². The third-order valence-electron chi connectivity index (χ3n) is 3.45. The van der Waals surface area contributed by atoms with Gasteiger partial charge in [0.2, 0.25) is 0 Å². The number of aromatic nitrogens is 1. The van der Waals surface area contributed by atoms with Gasteiger partial charge in [0.05, 0.1) is 6.10 Å². The van der Waals surface area contributed by atoms with Crippen LogP contribution >= 0.6 is 0 Å². The molecule has 0 spiro atoms. The average Bonchev–Trinajstić information content (AvgIpc) is 2.36. The van der Waals surface area contributed by atoms with Crippen molar-refractivity contribution in [1.82, 2.24) is 4.98 Å². The van der Waals surface area contributed by atoms with Crippen molar-refractivity contribution >= 4 is 5.82 Å². The second kappa shape index (κ2) is 5.41. The molecule has 3 heteroatoms. The molecule has 1 aromatic heterocycles. The summed E-state index contributed by atoms with van der Waals surface area (Å²) in [6.45, 7) is 6.10. The average molecular weight is 256 g/mol. The third-order valence-corrected chi connectivity index (χ3v) is 3.45. The lowest BCUT2D eigenvalue weighted by atomic mass is 9.98. The van der Waals surface area contributed by atoms with Crippen molar-refractivity contribution < 1.29 is 5.11 Å². The van der Waals surface area contributed by atoms with Gasteiger partial charge in [-0.1, -0.05) is 18.2 Å². The molecular formula is C16H20N2O. The lowest BCUT2D eigenvalue weighted by Gasteiger charge is -2.14. The Labute approximate surface area is 114 Å². The number of hydrogen-bond acceptors (Lipinski definition) is 3. The smallest absolute Gasteiger partial charge is 0.129 e. The molecule has 3 nitrogen and oxygen atoms in total. The van der Waals surface area contributed by atoms with E-state index in [4.69, 9.17) is 5.73 Å². The molecule has 0 aliphatic carbocycles. The first kappa shape index (κ1) is 13.6. The molecule has 0 saturated heterocycles. The van der Waals surface area contributed by atoms with Crippen LogP contribution in [-0.4, -0.2) is 10.1 Å². The molecule has 19 heavy (non-hydrogen) atoms. The zero-order valence-corrected chi connectivity index (χ0v) is 11.6. The van der Waals surface area contributed by atoms with Gasteiger partial charge in [-0.05, 0) is 49.1 Å². The number of hydrogen-bond donors (Lipinski definition) is 2. The maximum absolute atomic E-state index is 10.3. The highest BCUT2D eigenvalue weighted by molar-refractivity contribution is 5.43. The number of anilines is 1. The summed E-state index contributed by atoms with van der Waals surface area (Å²) in [5.41, 5.74) is 11.1. The normalized spacial score (nSPS) is 12.4. The van der Waals surface area contributed by atoms with Crippen LogP contribution in [0.15, 0.2) is 30.5 Å². The molecule has 2 rings (SSSR count). The first-order valence-electron chi connectivity index (χ1n) is 6.43. The standard InChI is InChI=1S/C16H20N2O/c1-10-6-14(16(17)18-9-10)15(19)8-13-5-4-11(2)12(3)7-13/h4-7,9,15,19H,8H2,1-3H3,(H2,17,18). The second-order valence-electron chi connectivity index (χ2n) is 5.13. The molecule has 100 valence electrons. The predicted molar refractivity (Wildman–Crippen MR) is 78.0 cm³/mol. The van der Waals surface area contributed by atoms with E-state index < -0.39 is 6.10 Å². The lowest BCUT2D eigenvalue weighted by molar-refractivity contribution is 0.179. The van der Waals surface area contributed by atoms with Crippen molar-refractivity contribution in [2.24, 2.45) is 0 Å². The molecule has 1 heterocycles. The van der Waals surface area contributed by atoms with E-state index >= 15 is 0 Å². The molecule has 1 aromatic carbocycles. The second-order valence-corrected chi connectivity index (χ2v) is 5.13. The SMILES string of the molecule is Cc1cnc(N)c(C(O)Cc2ccc(C)c(C)c2)c1. The Hall–Kier alpha value is -1.87. The third kappa shape index (κ3) is 3.12. The Kier molecular flexibility index (Phi) is 3.86. The monoisotopic (exact) mass is 256 g/mol. The van der Waals surface area contributed by atoms with Gasteiger partial charge in [0.25, 0.3) is 0 Å². The summed E-state index contributed by atoms with van der Waals surface area (Å²) >= 11 is 0. The fourth-order valence-electron chi connectivity index (χ4n) is 2.13.